The van der Waals surface area contributed by atoms with Gasteiger partial charge in [0.1, 0.15) is 5.82 Å². The van der Waals surface area contributed by atoms with Crippen LogP contribution in [0.4, 0.5) is 15.9 Å². The molecule has 4 aromatic rings. The lowest BCUT2D eigenvalue weighted by Gasteiger charge is -2.11. The Hall–Kier alpha value is -4.85. The molecule has 2 heterocycles. The van der Waals surface area contributed by atoms with E-state index in [1.807, 2.05) is 0 Å². The van der Waals surface area contributed by atoms with Gasteiger partial charge in [-0.2, -0.15) is 9.78 Å². The third kappa shape index (κ3) is 4.91. The third-order valence-corrected chi connectivity index (χ3v) is 5.00. The van der Waals surface area contributed by atoms with Crippen LogP contribution in [0.15, 0.2) is 52.2 Å². The van der Waals surface area contributed by atoms with Crippen molar-refractivity contribution in [3.05, 3.63) is 75.8 Å². The number of carbonyl (C=O) groups excluding carboxylic acids is 2. The summed E-state index contributed by atoms with van der Waals surface area (Å²) in [7, 11) is 0. The summed E-state index contributed by atoms with van der Waals surface area (Å²) in [5.41, 5.74) is 14.0. The molecule has 13 nitrogen and oxygen atoms in total. The zero-order valence-corrected chi connectivity index (χ0v) is 18.4. The zero-order chi connectivity index (χ0) is 24.9. The van der Waals surface area contributed by atoms with E-state index in [2.05, 4.69) is 41.1 Å². The lowest BCUT2D eigenvalue weighted by molar-refractivity contribution is 0.0947. The molecule has 0 saturated carbocycles. The van der Waals surface area contributed by atoms with E-state index >= 15 is 0 Å². The quantitative estimate of drug-likeness (QED) is 0.206. The number of halogens is 2. The van der Waals surface area contributed by atoms with Gasteiger partial charge in [0.2, 0.25) is 11.6 Å². The molecule has 6 N–H and O–H groups in total. The monoisotopic (exact) mass is 498 g/mol. The van der Waals surface area contributed by atoms with Gasteiger partial charge in [0, 0.05) is 11.3 Å². The fraction of sp³-hybridized carbons (Fsp3) is 0.0500. The molecule has 0 saturated heterocycles. The standard InChI is InChI=1S/C20H16ClFN10O3/c21-12-5-3-6-13(22)11(12)8-26-28-20(34)16-15(32(31-27-16)19-17(23)29-35-30-19)9-25-14-7-2-1-4-10(14)18(24)33/h1-8,25H,9H2,(H2,23,29)(H2,24,33)(H,28,34)/b26-8+. The van der Waals surface area contributed by atoms with E-state index in [1.54, 1.807) is 18.2 Å². The van der Waals surface area contributed by atoms with Gasteiger partial charge in [-0.25, -0.2) is 14.4 Å². The summed E-state index contributed by atoms with van der Waals surface area (Å²) in [5, 5.41) is 21.8. The maximum Gasteiger partial charge on any atom is 0.293 e. The maximum atomic E-state index is 13.9. The van der Waals surface area contributed by atoms with Crippen LogP contribution in [0.2, 0.25) is 5.02 Å². The highest BCUT2D eigenvalue weighted by Gasteiger charge is 2.24. The van der Waals surface area contributed by atoms with Gasteiger partial charge >= 0.3 is 0 Å². The van der Waals surface area contributed by atoms with Gasteiger partial charge in [-0.05, 0) is 34.6 Å². The van der Waals surface area contributed by atoms with E-state index in [0.717, 1.165) is 10.9 Å². The molecule has 0 bridgehead atoms. The number of para-hydroxylation sites is 1. The Labute approximate surface area is 200 Å². The van der Waals surface area contributed by atoms with Crippen molar-refractivity contribution in [1.82, 2.24) is 30.7 Å². The molecule has 0 fully saturated rings. The number of amides is 2. The zero-order valence-electron chi connectivity index (χ0n) is 17.6. The second kappa shape index (κ2) is 9.96. The summed E-state index contributed by atoms with van der Waals surface area (Å²) in [6.45, 7) is -0.0742. The SMILES string of the molecule is NC(=O)c1ccccc1NCc1c(C(=O)N/N=C/c2c(F)cccc2Cl)nnn1-c1nonc1N. The van der Waals surface area contributed by atoms with Crippen LogP contribution in [0, 0.1) is 5.82 Å². The van der Waals surface area contributed by atoms with Crippen molar-refractivity contribution in [2.75, 3.05) is 11.1 Å². The summed E-state index contributed by atoms with van der Waals surface area (Å²) in [6, 6.07) is 10.6. The number of aromatic nitrogens is 5. The molecule has 0 radical (unpaired) electrons. The number of nitrogens with zero attached hydrogens (tertiary/aromatic N) is 6. The van der Waals surface area contributed by atoms with Crippen LogP contribution in [0.3, 0.4) is 0 Å². The Morgan fingerprint density at radius 3 is 2.71 bits per heavy atom. The third-order valence-electron chi connectivity index (χ3n) is 4.67. The van der Waals surface area contributed by atoms with Gasteiger partial charge in [-0.3, -0.25) is 9.59 Å². The molecule has 0 aliphatic heterocycles. The van der Waals surface area contributed by atoms with Gasteiger partial charge in [0.05, 0.1) is 29.0 Å². The topological polar surface area (TPSA) is 192 Å². The van der Waals surface area contributed by atoms with Crippen molar-refractivity contribution in [2.45, 2.75) is 6.54 Å². The number of hydrogen-bond acceptors (Lipinski definition) is 10. The molecule has 2 aromatic heterocycles. The number of anilines is 2. The van der Waals surface area contributed by atoms with Gasteiger partial charge in [0.15, 0.2) is 5.69 Å². The predicted octanol–water partition coefficient (Wildman–Crippen LogP) is 1.50. The van der Waals surface area contributed by atoms with Crippen molar-refractivity contribution in [1.29, 1.82) is 0 Å². The van der Waals surface area contributed by atoms with E-state index in [0.29, 0.717) is 5.69 Å². The average molecular weight is 499 g/mol. The molecule has 15 heteroatoms. The normalized spacial score (nSPS) is 11.0. The molecular formula is C20H16ClFN10O3. The molecule has 2 aromatic carbocycles. The number of hydrazone groups is 1. The Bertz CT molecular complexity index is 1410. The molecule has 0 atom stereocenters. The minimum Gasteiger partial charge on any atom is -0.379 e. The van der Waals surface area contributed by atoms with Gasteiger partial charge in [-0.15, -0.1) is 5.10 Å². The Kier molecular flexibility index (Phi) is 6.64. The molecule has 0 aliphatic carbocycles. The van der Waals surface area contributed by atoms with E-state index in [1.165, 1.54) is 24.3 Å². The molecule has 0 unspecified atom stereocenters. The second-order valence-electron chi connectivity index (χ2n) is 6.87. The summed E-state index contributed by atoms with van der Waals surface area (Å²) < 4.78 is 19.7. The van der Waals surface area contributed by atoms with Crippen molar-refractivity contribution >= 4 is 41.1 Å². The lowest BCUT2D eigenvalue weighted by atomic mass is 10.1. The molecule has 4 rings (SSSR count). The minimum absolute atomic E-state index is 0.00971. The number of nitrogens with two attached hydrogens (primary N) is 2. The minimum atomic E-state index is -0.782. The van der Waals surface area contributed by atoms with Gasteiger partial charge in [-0.1, -0.05) is 35.0 Å². The fourth-order valence-corrected chi connectivity index (χ4v) is 3.23. The first-order valence-corrected chi connectivity index (χ1v) is 10.2. The van der Waals surface area contributed by atoms with Crippen molar-refractivity contribution < 1.29 is 18.6 Å². The Morgan fingerprint density at radius 1 is 1.20 bits per heavy atom. The maximum absolute atomic E-state index is 13.9. The molecule has 0 spiro atoms. The van der Waals surface area contributed by atoms with Gasteiger partial charge < -0.3 is 16.8 Å². The Morgan fingerprint density at radius 2 is 2.00 bits per heavy atom. The van der Waals surface area contributed by atoms with E-state index in [-0.39, 0.29) is 45.7 Å². The number of nitrogen functional groups attached to an aromatic ring is 1. The van der Waals surface area contributed by atoms with Crippen LogP contribution in [0.1, 0.15) is 32.1 Å². The highest BCUT2D eigenvalue weighted by atomic mass is 35.5. The smallest absolute Gasteiger partial charge is 0.293 e. The summed E-state index contributed by atoms with van der Waals surface area (Å²) in [4.78, 5) is 24.5. The molecular weight excluding hydrogens is 483 g/mol. The Balaban J connectivity index is 1.63. The van der Waals surface area contributed by atoms with E-state index in [4.69, 9.17) is 23.1 Å². The van der Waals surface area contributed by atoms with Crippen LogP contribution in [0.25, 0.3) is 5.82 Å². The van der Waals surface area contributed by atoms with Crippen LogP contribution in [0.5, 0.6) is 0 Å². The van der Waals surface area contributed by atoms with Crippen LogP contribution in [-0.4, -0.2) is 43.3 Å². The number of carbonyl (C=O) groups is 2. The second-order valence-corrected chi connectivity index (χ2v) is 7.27. The first kappa shape index (κ1) is 23.3. The van der Waals surface area contributed by atoms with Crippen LogP contribution >= 0.6 is 11.6 Å². The van der Waals surface area contributed by atoms with Crippen molar-refractivity contribution in [3.63, 3.8) is 0 Å². The highest BCUT2D eigenvalue weighted by molar-refractivity contribution is 6.33. The first-order chi connectivity index (χ1) is 16.9. The number of hydrogen-bond donors (Lipinski definition) is 4. The lowest BCUT2D eigenvalue weighted by Crippen LogP contribution is -2.22. The van der Waals surface area contributed by atoms with E-state index < -0.39 is 17.6 Å². The first-order valence-electron chi connectivity index (χ1n) is 9.80. The molecule has 0 aliphatic rings. The highest BCUT2D eigenvalue weighted by Crippen LogP contribution is 2.20. The molecule has 2 amide bonds. The summed E-state index contributed by atoms with van der Waals surface area (Å²) in [5.74, 6) is -2.17. The van der Waals surface area contributed by atoms with Crippen LogP contribution in [-0.2, 0) is 6.54 Å². The number of primary amides is 1. The number of nitrogens with one attached hydrogen (secondary N) is 2. The van der Waals surface area contributed by atoms with Gasteiger partial charge in [0.25, 0.3) is 11.8 Å². The van der Waals surface area contributed by atoms with Crippen molar-refractivity contribution in [2.24, 2.45) is 10.8 Å². The summed E-state index contributed by atoms with van der Waals surface area (Å²) in [6.07, 6.45) is 1.06. The van der Waals surface area contributed by atoms with E-state index in [9.17, 15) is 14.0 Å². The number of rotatable bonds is 8. The molecule has 178 valence electrons. The molecule has 35 heavy (non-hydrogen) atoms. The summed E-state index contributed by atoms with van der Waals surface area (Å²) >= 11 is 5.95. The number of benzene rings is 2. The van der Waals surface area contributed by atoms with Crippen LogP contribution < -0.4 is 22.2 Å². The average Bonchev–Trinajstić information content (AvgIpc) is 3.45. The van der Waals surface area contributed by atoms with Crippen molar-refractivity contribution in [3.8, 4) is 5.82 Å². The fourth-order valence-electron chi connectivity index (χ4n) is 3.02. The predicted molar refractivity (Wildman–Crippen MR) is 122 cm³/mol. The largest absolute Gasteiger partial charge is 0.379 e.